The number of nitrogens with zero attached hydrogens (tertiary/aromatic N) is 5. The number of benzene rings is 1. The van der Waals surface area contributed by atoms with Gasteiger partial charge in [-0.15, -0.1) is 0 Å². The van der Waals surface area contributed by atoms with Gasteiger partial charge in [0.1, 0.15) is 0 Å². The van der Waals surface area contributed by atoms with Gasteiger partial charge in [-0.05, 0) is 67.7 Å². The number of nitrogens with two attached hydrogens (primary N) is 1. The van der Waals surface area contributed by atoms with Crippen LogP contribution in [0.3, 0.4) is 0 Å². The molecule has 1 aromatic carbocycles. The van der Waals surface area contributed by atoms with E-state index >= 15 is 0 Å². The molecule has 35 heavy (non-hydrogen) atoms. The summed E-state index contributed by atoms with van der Waals surface area (Å²) in [5.74, 6) is 0. The minimum absolute atomic E-state index is 0.0134. The quantitative estimate of drug-likeness (QED) is 0.382. The van der Waals surface area contributed by atoms with Crippen molar-refractivity contribution in [2.45, 2.75) is 57.2 Å². The molecule has 6 rings (SSSR count). The van der Waals surface area contributed by atoms with Crippen LogP contribution in [0.1, 0.15) is 49.4 Å². The van der Waals surface area contributed by atoms with E-state index in [2.05, 4.69) is 28.1 Å². The average Bonchev–Trinajstić information content (AvgIpc) is 3.55. The van der Waals surface area contributed by atoms with Crippen molar-refractivity contribution in [1.29, 1.82) is 0 Å². The number of fused-ring (bicyclic) bond motifs is 2. The van der Waals surface area contributed by atoms with Gasteiger partial charge in [0, 0.05) is 55.2 Å². The summed E-state index contributed by atoms with van der Waals surface area (Å²) in [5.41, 5.74) is 11.2. The zero-order valence-electron chi connectivity index (χ0n) is 19.9. The number of hydrogen-bond donors (Lipinski definition) is 2. The first-order valence-corrected chi connectivity index (χ1v) is 12.7. The maximum Gasteiger partial charge on any atom is 0.329 e. The molecule has 1 saturated heterocycles. The van der Waals surface area contributed by atoms with Gasteiger partial charge < -0.3 is 15.7 Å². The Morgan fingerprint density at radius 1 is 1.09 bits per heavy atom. The lowest BCUT2D eigenvalue weighted by molar-refractivity contribution is 0.284. The van der Waals surface area contributed by atoms with E-state index in [1.807, 2.05) is 21.4 Å². The summed E-state index contributed by atoms with van der Waals surface area (Å²) < 4.78 is 3.75. The van der Waals surface area contributed by atoms with E-state index in [0.29, 0.717) is 12.6 Å². The summed E-state index contributed by atoms with van der Waals surface area (Å²) in [6, 6.07) is 9.02. The van der Waals surface area contributed by atoms with Crippen LogP contribution in [0.15, 0.2) is 47.7 Å². The number of pyridine rings is 2. The molecule has 0 spiro atoms. The van der Waals surface area contributed by atoms with Gasteiger partial charge in [0.2, 0.25) is 0 Å². The van der Waals surface area contributed by atoms with Gasteiger partial charge >= 0.3 is 5.69 Å². The van der Waals surface area contributed by atoms with Crippen LogP contribution in [0.4, 0.5) is 5.69 Å². The van der Waals surface area contributed by atoms with Gasteiger partial charge in [0.15, 0.2) is 0 Å². The molecule has 1 saturated carbocycles. The van der Waals surface area contributed by atoms with Crippen molar-refractivity contribution in [1.82, 2.24) is 19.1 Å². The Morgan fingerprint density at radius 3 is 2.74 bits per heavy atom. The lowest BCUT2D eigenvalue weighted by Crippen LogP contribution is -2.26. The van der Waals surface area contributed by atoms with Crippen molar-refractivity contribution in [3.8, 4) is 0 Å². The molecule has 3 N–H and O–H groups in total. The number of hydrogen-bond acceptors (Lipinski definition) is 6. The molecule has 4 aromatic rings. The number of aromatic nitrogens is 4. The summed E-state index contributed by atoms with van der Waals surface area (Å²) in [5, 5.41) is 11.6. The van der Waals surface area contributed by atoms with Crippen molar-refractivity contribution in [2.75, 3.05) is 24.6 Å². The Hall–Kier alpha value is -3.23. The Kier molecular flexibility index (Phi) is 5.78. The minimum atomic E-state index is 0.0134. The highest BCUT2D eigenvalue weighted by Gasteiger charge is 2.29. The third-order valence-corrected chi connectivity index (χ3v) is 7.48. The molecule has 182 valence electrons. The van der Waals surface area contributed by atoms with Crippen LogP contribution in [-0.4, -0.2) is 49.9 Å². The molecule has 0 bridgehead atoms. The van der Waals surface area contributed by atoms with Crippen LogP contribution < -0.4 is 16.3 Å². The van der Waals surface area contributed by atoms with Crippen molar-refractivity contribution in [3.63, 3.8) is 0 Å². The highest BCUT2D eigenvalue weighted by atomic mass is 16.2. The fourth-order valence-electron chi connectivity index (χ4n) is 5.47. The van der Waals surface area contributed by atoms with Crippen molar-refractivity contribution < 1.29 is 5.11 Å². The summed E-state index contributed by atoms with van der Waals surface area (Å²) in [6.07, 6.45) is 11.0. The summed E-state index contributed by atoms with van der Waals surface area (Å²) >= 11 is 0. The third-order valence-electron chi connectivity index (χ3n) is 7.48. The van der Waals surface area contributed by atoms with E-state index in [0.717, 1.165) is 84.7 Å². The van der Waals surface area contributed by atoms with Crippen LogP contribution >= 0.6 is 0 Å². The molecule has 8 nitrogen and oxygen atoms in total. The number of imidazole rings is 1. The van der Waals surface area contributed by atoms with Gasteiger partial charge in [-0.3, -0.25) is 19.1 Å². The van der Waals surface area contributed by atoms with Gasteiger partial charge in [-0.25, -0.2) is 4.79 Å². The first-order valence-electron chi connectivity index (χ1n) is 12.7. The minimum Gasteiger partial charge on any atom is -0.396 e. The number of aryl methyl sites for hydroxylation is 1. The summed E-state index contributed by atoms with van der Waals surface area (Å²) in [4.78, 5) is 25.0. The van der Waals surface area contributed by atoms with Gasteiger partial charge in [0.05, 0.1) is 29.5 Å². The van der Waals surface area contributed by atoms with Crippen molar-refractivity contribution in [3.05, 3.63) is 64.6 Å². The van der Waals surface area contributed by atoms with E-state index < -0.39 is 0 Å². The van der Waals surface area contributed by atoms with Gasteiger partial charge in [-0.1, -0.05) is 6.07 Å². The molecule has 1 aliphatic carbocycles. The molecule has 2 fully saturated rings. The molecule has 0 radical (unpaired) electrons. The number of rotatable bonds is 8. The van der Waals surface area contributed by atoms with Crippen molar-refractivity contribution in [2.24, 2.45) is 5.73 Å². The smallest absolute Gasteiger partial charge is 0.329 e. The standard InChI is InChI=1S/C27H32N6O2/c28-19-9-11-31(16-19)21-6-7-22-18(13-21)14-30-24(23(22)3-1-2-12-34)17-32-26-15-29-10-8-25(26)33(27(32)35)20-4-5-20/h6-8,10,13-15,19-20,34H,1-5,9,11-12,16-17,28H2/t19-/m1/s1. The zero-order valence-corrected chi connectivity index (χ0v) is 19.9. The van der Waals surface area contributed by atoms with Crippen LogP contribution in [0, 0.1) is 0 Å². The number of aliphatic hydroxyl groups excluding tert-OH is 1. The van der Waals surface area contributed by atoms with Crippen molar-refractivity contribution >= 4 is 27.5 Å². The molecule has 0 amide bonds. The number of unbranched alkanes of at least 4 members (excludes halogenated alkanes) is 1. The average molecular weight is 473 g/mol. The summed E-state index contributed by atoms with van der Waals surface area (Å²) in [6.45, 7) is 2.44. The predicted molar refractivity (Wildman–Crippen MR) is 138 cm³/mol. The summed E-state index contributed by atoms with van der Waals surface area (Å²) in [7, 11) is 0. The van der Waals surface area contributed by atoms with Crippen LogP contribution in [0.2, 0.25) is 0 Å². The Bertz CT molecular complexity index is 1440. The SMILES string of the molecule is N[C@@H]1CCN(c2ccc3c(CCCCO)c(Cn4c(=O)n(C5CC5)c5ccncc54)ncc3c2)C1. The Balaban J connectivity index is 1.42. The lowest BCUT2D eigenvalue weighted by Gasteiger charge is -2.20. The van der Waals surface area contributed by atoms with Gasteiger partial charge in [-0.2, -0.15) is 0 Å². The van der Waals surface area contributed by atoms with Gasteiger partial charge in [0.25, 0.3) is 0 Å². The lowest BCUT2D eigenvalue weighted by atomic mass is 9.98. The number of anilines is 1. The van der Waals surface area contributed by atoms with E-state index in [4.69, 9.17) is 10.7 Å². The second-order valence-electron chi connectivity index (χ2n) is 9.96. The predicted octanol–water partition coefficient (Wildman–Crippen LogP) is 2.98. The molecular formula is C27H32N6O2. The molecule has 8 heteroatoms. The molecular weight excluding hydrogens is 440 g/mol. The Labute approximate surface area is 204 Å². The first kappa shape index (κ1) is 22.2. The molecule has 4 heterocycles. The second kappa shape index (κ2) is 9.09. The maximum absolute atomic E-state index is 13.4. The third kappa shape index (κ3) is 4.10. The van der Waals surface area contributed by atoms with Crippen LogP contribution in [0.5, 0.6) is 0 Å². The monoisotopic (exact) mass is 472 g/mol. The zero-order chi connectivity index (χ0) is 23.9. The van der Waals surface area contributed by atoms with E-state index in [1.54, 1.807) is 12.4 Å². The molecule has 3 aromatic heterocycles. The maximum atomic E-state index is 13.4. The molecule has 1 atom stereocenters. The van der Waals surface area contributed by atoms with E-state index in [1.165, 1.54) is 5.69 Å². The highest BCUT2D eigenvalue weighted by molar-refractivity contribution is 5.89. The van der Waals surface area contributed by atoms with E-state index in [9.17, 15) is 9.90 Å². The molecule has 2 aliphatic rings. The fourth-order valence-corrected chi connectivity index (χ4v) is 5.47. The largest absolute Gasteiger partial charge is 0.396 e. The van der Waals surface area contributed by atoms with Crippen LogP contribution in [-0.2, 0) is 13.0 Å². The fraction of sp³-hybridized carbons (Fsp3) is 0.444. The second-order valence-corrected chi connectivity index (χ2v) is 9.96. The normalized spacial score (nSPS) is 18.2. The molecule has 1 aliphatic heterocycles. The first-order chi connectivity index (χ1) is 17.1. The highest BCUT2D eigenvalue weighted by Crippen LogP contribution is 2.36. The topological polar surface area (TPSA) is 102 Å². The Morgan fingerprint density at radius 2 is 1.97 bits per heavy atom. The number of aliphatic hydroxyl groups is 1. The van der Waals surface area contributed by atoms with E-state index in [-0.39, 0.29) is 18.3 Å². The molecule has 0 unspecified atom stereocenters. The van der Waals surface area contributed by atoms with Crippen LogP contribution in [0.25, 0.3) is 21.8 Å².